The lowest BCUT2D eigenvalue weighted by Gasteiger charge is -2.49. The lowest BCUT2D eigenvalue weighted by atomic mass is 9.70. The van der Waals surface area contributed by atoms with Crippen LogP contribution in [0.1, 0.15) is 60.9 Å². The van der Waals surface area contributed by atoms with Gasteiger partial charge in [-0.2, -0.15) is 9.97 Å². The molecule has 0 saturated carbocycles. The molecule has 0 radical (unpaired) electrons. The number of amides is 1. The number of nitrogens with zero attached hydrogens (tertiary/aromatic N) is 7. The second-order valence-electron chi connectivity index (χ2n) is 14.3. The van der Waals surface area contributed by atoms with Crippen LogP contribution in [0, 0.1) is 0 Å². The molecule has 5 aliphatic rings. The summed E-state index contributed by atoms with van der Waals surface area (Å²) < 4.78 is 21.1. The molecule has 1 aliphatic carbocycles. The summed E-state index contributed by atoms with van der Waals surface area (Å²) in [7, 11) is 5.51. The number of phenolic OH excluding ortho intramolecular Hbond substituents is 1. The number of aromatic hydroxyl groups is 1. The molecule has 11 nitrogen and oxygen atoms in total. The highest BCUT2D eigenvalue weighted by Crippen LogP contribution is 2.48. The van der Waals surface area contributed by atoms with Crippen molar-refractivity contribution < 1.29 is 19.0 Å². The third kappa shape index (κ3) is 5.83. The van der Waals surface area contributed by atoms with Gasteiger partial charge in [0.15, 0.2) is 0 Å². The van der Waals surface area contributed by atoms with Gasteiger partial charge in [0.05, 0.1) is 34.7 Å². The Morgan fingerprint density at radius 1 is 1.19 bits per heavy atom. The van der Waals surface area contributed by atoms with Crippen molar-refractivity contribution in [1.29, 1.82) is 0 Å². The number of ether oxygens (including phenoxy) is 1. The van der Waals surface area contributed by atoms with Crippen LogP contribution in [0.3, 0.4) is 0 Å². The van der Waals surface area contributed by atoms with Gasteiger partial charge in [-0.25, -0.2) is 4.39 Å². The largest absolute Gasteiger partial charge is 0.508 e. The van der Waals surface area contributed by atoms with E-state index in [0.29, 0.717) is 51.6 Å². The number of carbonyl (C=O) groups is 1. The normalized spacial score (nSPS) is 28.0. The SMILES string of the molecule is CN(C)C(=O)/C(N)=C/C1=NCCCN(c2nc(OC[C@@]34CCCN3CC(F)C4)nc3c2CN(C)C2(CCCc4ccc(O)cc42)C3)C1. The minimum atomic E-state index is -0.841. The van der Waals surface area contributed by atoms with E-state index in [2.05, 4.69) is 27.8 Å². The highest BCUT2D eigenvalue weighted by Gasteiger charge is 2.50. The summed E-state index contributed by atoms with van der Waals surface area (Å²) >= 11 is 0. The first-order valence-corrected chi connectivity index (χ1v) is 17.0. The molecule has 3 atom stereocenters. The van der Waals surface area contributed by atoms with Crippen LogP contribution in [0.25, 0.3) is 0 Å². The fraction of sp³-hybridized carbons (Fsp3) is 0.600. The van der Waals surface area contributed by atoms with E-state index in [1.807, 2.05) is 6.07 Å². The Morgan fingerprint density at radius 3 is 2.87 bits per heavy atom. The Balaban J connectivity index is 1.27. The van der Waals surface area contributed by atoms with E-state index >= 15 is 0 Å². The zero-order valence-electron chi connectivity index (χ0n) is 27.8. The van der Waals surface area contributed by atoms with Gasteiger partial charge >= 0.3 is 6.01 Å². The number of phenols is 1. The summed E-state index contributed by atoms with van der Waals surface area (Å²) in [5.74, 6) is 0.818. The summed E-state index contributed by atoms with van der Waals surface area (Å²) in [4.78, 5) is 35.8. The van der Waals surface area contributed by atoms with Crippen LogP contribution in [0.4, 0.5) is 10.2 Å². The number of likely N-dealkylation sites (N-methyl/N-ethyl adjacent to an activating group) is 2. The van der Waals surface area contributed by atoms with E-state index in [1.165, 1.54) is 10.5 Å². The van der Waals surface area contributed by atoms with Crippen LogP contribution >= 0.6 is 0 Å². The Bertz CT molecular complexity index is 1610. The lowest BCUT2D eigenvalue weighted by Crippen LogP contribution is -2.51. The fourth-order valence-electron chi connectivity index (χ4n) is 8.66. The van der Waals surface area contributed by atoms with Gasteiger partial charge in [0.25, 0.3) is 5.91 Å². The number of aromatic nitrogens is 2. The summed E-state index contributed by atoms with van der Waals surface area (Å²) in [5.41, 5.74) is 10.8. The van der Waals surface area contributed by atoms with Crippen LogP contribution < -0.4 is 15.4 Å². The molecule has 0 bridgehead atoms. The van der Waals surface area contributed by atoms with Gasteiger partial charge in [-0.1, -0.05) is 6.07 Å². The minimum absolute atomic E-state index is 0.147. The molecule has 1 spiro atoms. The van der Waals surface area contributed by atoms with Gasteiger partial charge in [0.1, 0.15) is 24.3 Å². The molecule has 3 N–H and O–H groups in total. The summed E-state index contributed by atoms with van der Waals surface area (Å²) in [6.07, 6.45) is 7.72. The third-order valence-corrected chi connectivity index (χ3v) is 11.0. The Labute approximate surface area is 276 Å². The lowest BCUT2D eigenvalue weighted by molar-refractivity contribution is -0.124. The van der Waals surface area contributed by atoms with Crippen LogP contribution in [0.5, 0.6) is 11.8 Å². The quantitative estimate of drug-likeness (QED) is 0.456. The number of hydrogen-bond acceptors (Lipinski definition) is 10. The highest BCUT2D eigenvalue weighted by molar-refractivity contribution is 6.05. The first-order chi connectivity index (χ1) is 22.6. The number of anilines is 1. The van der Waals surface area contributed by atoms with Gasteiger partial charge in [0, 0.05) is 58.7 Å². The van der Waals surface area contributed by atoms with E-state index in [-0.39, 0.29) is 28.4 Å². The van der Waals surface area contributed by atoms with Gasteiger partial charge in [-0.05, 0) is 81.5 Å². The van der Waals surface area contributed by atoms with Gasteiger partial charge in [-0.15, -0.1) is 0 Å². The molecule has 5 heterocycles. The number of rotatable bonds is 6. The second kappa shape index (κ2) is 12.4. The highest BCUT2D eigenvalue weighted by atomic mass is 19.1. The third-order valence-electron chi connectivity index (χ3n) is 11.0. The van der Waals surface area contributed by atoms with Crippen molar-refractivity contribution in [2.75, 3.05) is 65.4 Å². The smallest absolute Gasteiger partial charge is 0.318 e. The van der Waals surface area contributed by atoms with E-state index in [9.17, 15) is 14.3 Å². The maximum atomic E-state index is 14.6. The number of aliphatic imine (C=N–C) groups is 1. The molecule has 2 unspecified atom stereocenters. The predicted molar refractivity (Wildman–Crippen MR) is 179 cm³/mol. The fourth-order valence-corrected chi connectivity index (χ4v) is 8.66. The molecule has 12 heteroatoms. The zero-order valence-corrected chi connectivity index (χ0v) is 27.8. The molecular weight excluding hydrogens is 599 g/mol. The number of aryl methyl sites for hydroxylation is 1. The monoisotopic (exact) mass is 646 g/mol. The standard InChI is InChI=1S/C35H47FN8O3/c1-41(2)32(46)29(37)15-25-20-43(13-6-12-38-25)31-27-21-42(3)35(11-4-7-23-8-9-26(45)16-28(23)35)18-30(27)39-33(40-31)47-22-34-10-5-14-44(34)19-24(36)17-34/h8-9,15-16,24,45H,4-7,10-14,17-22,37H2,1-3H3/b29-15-/t24?,34-,35?/m0/s1. The van der Waals surface area contributed by atoms with Crippen molar-refractivity contribution in [2.24, 2.45) is 10.7 Å². The van der Waals surface area contributed by atoms with E-state index < -0.39 is 6.17 Å². The molecule has 2 fully saturated rings. The Morgan fingerprint density at radius 2 is 2.04 bits per heavy atom. The van der Waals surface area contributed by atoms with Crippen molar-refractivity contribution in [3.05, 3.63) is 52.4 Å². The van der Waals surface area contributed by atoms with Crippen molar-refractivity contribution in [2.45, 2.75) is 75.2 Å². The first-order valence-electron chi connectivity index (χ1n) is 17.0. The minimum Gasteiger partial charge on any atom is -0.508 e. The van der Waals surface area contributed by atoms with Gasteiger partial charge in [-0.3, -0.25) is 19.6 Å². The van der Waals surface area contributed by atoms with E-state index in [4.69, 9.17) is 25.4 Å². The van der Waals surface area contributed by atoms with Crippen LogP contribution in [-0.4, -0.2) is 114 Å². The average Bonchev–Trinajstić information content (AvgIpc) is 3.46. The number of carbonyl (C=O) groups excluding carboxylic acids is 1. The average molecular weight is 647 g/mol. The molecule has 7 rings (SSSR count). The van der Waals surface area contributed by atoms with Crippen LogP contribution in [0.15, 0.2) is 35.0 Å². The summed E-state index contributed by atoms with van der Waals surface area (Å²) in [5, 5.41) is 10.5. The molecule has 252 valence electrons. The van der Waals surface area contributed by atoms with Crippen molar-refractivity contribution in [1.82, 2.24) is 24.7 Å². The van der Waals surface area contributed by atoms with Crippen molar-refractivity contribution in [3.8, 4) is 11.8 Å². The molecule has 47 heavy (non-hydrogen) atoms. The summed E-state index contributed by atoms with van der Waals surface area (Å²) in [6, 6.07) is 6.08. The number of benzene rings is 1. The van der Waals surface area contributed by atoms with Gasteiger partial charge in [0.2, 0.25) is 0 Å². The number of halogens is 1. The maximum Gasteiger partial charge on any atom is 0.318 e. The second-order valence-corrected chi connectivity index (χ2v) is 14.3. The maximum absolute atomic E-state index is 14.6. The molecule has 2 aromatic rings. The molecular formula is C35H47FN8O3. The van der Waals surface area contributed by atoms with Crippen LogP contribution in [-0.2, 0) is 29.7 Å². The molecule has 1 aromatic heterocycles. The van der Waals surface area contributed by atoms with Gasteiger partial charge < -0.3 is 25.4 Å². The molecule has 4 aliphatic heterocycles. The van der Waals surface area contributed by atoms with Crippen molar-refractivity contribution in [3.63, 3.8) is 0 Å². The Kier molecular flexibility index (Phi) is 8.36. The van der Waals surface area contributed by atoms with E-state index in [1.54, 1.807) is 26.2 Å². The Hall–Kier alpha value is -3.77. The number of hydrogen-bond donors (Lipinski definition) is 2. The molecule has 2 saturated heterocycles. The van der Waals surface area contributed by atoms with Crippen molar-refractivity contribution >= 4 is 17.4 Å². The molecule has 1 amide bonds. The summed E-state index contributed by atoms with van der Waals surface area (Å²) in [6.45, 7) is 4.12. The number of fused-ring (bicyclic) bond motifs is 4. The molecule has 1 aromatic carbocycles. The topological polar surface area (TPSA) is 124 Å². The van der Waals surface area contributed by atoms with Crippen LogP contribution in [0.2, 0.25) is 0 Å². The number of nitrogens with two attached hydrogens (primary N) is 1. The van der Waals surface area contributed by atoms with E-state index in [0.717, 1.165) is 80.0 Å². The number of alkyl halides is 1. The zero-order chi connectivity index (χ0) is 32.9. The first kappa shape index (κ1) is 31.8. The predicted octanol–water partition coefficient (Wildman–Crippen LogP) is 2.94.